The standard InChI is InChI=1S/C9H18O2/c1-3-5-10-7-9-8(2)4-6-11-9/h8-9H,3-7H2,1-2H3/t8-,9+/m0/s1. The highest BCUT2D eigenvalue weighted by atomic mass is 16.5. The first kappa shape index (κ1) is 9.01. The molecule has 0 aliphatic carbocycles. The third-order valence-electron chi connectivity index (χ3n) is 2.17. The number of hydrogen-bond acceptors (Lipinski definition) is 2. The third-order valence-corrected chi connectivity index (χ3v) is 2.17. The van der Waals surface area contributed by atoms with Gasteiger partial charge in [-0.25, -0.2) is 0 Å². The highest BCUT2D eigenvalue weighted by Gasteiger charge is 2.23. The summed E-state index contributed by atoms with van der Waals surface area (Å²) >= 11 is 0. The Bertz CT molecular complexity index is 104. The Balaban J connectivity index is 2.05. The molecule has 0 aromatic carbocycles. The van der Waals surface area contributed by atoms with Crippen molar-refractivity contribution in [2.24, 2.45) is 5.92 Å². The fourth-order valence-corrected chi connectivity index (χ4v) is 1.31. The van der Waals surface area contributed by atoms with Gasteiger partial charge in [-0.1, -0.05) is 13.8 Å². The third kappa shape index (κ3) is 2.80. The van der Waals surface area contributed by atoms with E-state index in [1.54, 1.807) is 0 Å². The molecule has 0 radical (unpaired) electrons. The van der Waals surface area contributed by atoms with Crippen molar-refractivity contribution in [3.8, 4) is 0 Å². The van der Waals surface area contributed by atoms with E-state index in [9.17, 15) is 0 Å². The van der Waals surface area contributed by atoms with E-state index >= 15 is 0 Å². The van der Waals surface area contributed by atoms with E-state index in [2.05, 4.69) is 13.8 Å². The first-order valence-corrected chi connectivity index (χ1v) is 4.54. The van der Waals surface area contributed by atoms with Crippen molar-refractivity contribution in [2.75, 3.05) is 19.8 Å². The summed E-state index contributed by atoms with van der Waals surface area (Å²) in [6.45, 7) is 6.93. The van der Waals surface area contributed by atoms with Gasteiger partial charge < -0.3 is 9.47 Å². The Morgan fingerprint density at radius 3 is 2.91 bits per heavy atom. The van der Waals surface area contributed by atoms with Crippen molar-refractivity contribution in [3.05, 3.63) is 0 Å². The normalized spacial score (nSPS) is 31.1. The van der Waals surface area contributed by atoms with Crippen molar-refractivity contribution in [3.63, 3.8) is 0 Å². The summed E-state index contributed by atoms with van der Waals surface area (Å²) in [7, 11) is 0. The van der Waals surface area contributed by atoms with Crippen molar-refractivity contribution >= 4 is 0 Å². The van der Waals surface area contributed by atoms with Crippen LogP contribution in [0.15, 0.2) is 0 Å². The molecule has 0 N–H and O–H groups in total. The van der Waals surface area contributed by atoms with Crippen LogP contribution in [0, 0.1) is 5.92 Å². The van der Waals surface area contributed by atoms with Crippen LogP contribution in [0.4, 0.5) is 0 Å². The molecule has 1 heterocycles. The van der Waals surface area contributed by atoms with Crippen molar-refractivity contribution < 1.29 is 9.47 Å². The molecular weight excluding hydrogens is 140 g/mol. The van der Waals surface area contributed by atoms with Crippen LogP contribution in [0.1, 0.15) is 26.7 Å². The van der Waals surface area contributed by atoms with Crippen molar-refractivity contribution in [1.29, 1.82) is 0 Å². The Hall–Kier alpha value is -0.0800. The largest absolute Gasteiger partial charge is 0.379 e. The second kappa shape index (κ2) is 4.73. The van der Waals surface area contributed by atoms with E-state index in [0.717, 1.165) is 26.2 Å². The Morgan fingerprint density at radius 2 is 2.36 bits per heavy atom. The maximum Gasteiger partial charge on any atom is 0.0834 e. The van der Waals surface area contributed by atoms with E-state index in [-0.39, 0.29) is 0 Å². The summed E-state index contributed by atoms with van der Waals surface area (Å²) in [5.41, 5.74) is 0. The van der Waals surface area contributed by atoms with E-state index in [4.69, 9.17) is 9.47 Å². The molecular formula is C9H18O2. The van der Waals surface area contributed by atoms with Crippen LogP contribution >= 0.6 is 0 Å². The Kier molecular flexibility index (Phi) is 3.87. The van der Waals surface area contributed by atoms with Crippen LogP contribution in [-0.4, -0.2) is 25.9 Å². The second-order valence-electron chi connectivity index (χ2n) is 3.25. The molecule has 1 aliphatic heterocycles. The summed E-state index contributed by atoms with van der Waals surface area (Å²) in [5.74, 6) is 0.687. The zero-order valence-electron chi connectivity index (χ0n) is 7.51. The predicted octanol–water partition coefficient (Wildman–Crippen LogP) is 1.84. The van der Waals surface area contributed by atoms with Gasteiger partial charge in [0.15, 0.2) is 0 Å². The molecule has 0 amide bonds. The lowest BCUT2D eigenvalue weighted by molar-refractivity contribution is 0.00454. The molecule has 0 aromatic rings. The van der Waals surface area contributed by atoms with E-state index in [1.165, 1.54) is 6.42 Å². The van der Waals surface area contributed by atoms with Crippen LogP contribution in [0.5, 0.6) is 0 Å². The number of rotatable bonds is 4. The van der Waals surface area contributed by atoms with Crippen LogP contribution in [0.2, 0.25) is 0 Å². The van der Waals surface area contributed by atoms with Crippen molar-refractivity contribution in [1.82, 2.24) is 0 Å². The molecule has 1 fully saturated rings. The SMILES string of the molecule is CCCOC[C@H]1OCC[C@@H]1C. The minimum atomic E-state index is 0.363. The number of ether oxygens (including phenoxy) is 2. The molecule has 0 spiro atoms. The van der Waals surface area contributed by atoms with Crippen LogP contribution in [0.25, 0.3) is 0 Å². The Labute approximate surface area is 68.9 Å². The van der Waals surface area contributed by atoms with Gasteiger partial charge in [0.05, 0.1) is 12.7 Å². The predicted molar refractivity (Wildman–Crippen MR) is 44.6 cm³/mol. The van der Waals surface area contributed by atoms with Crippen LogP contribution in [0.3, 0.4) is 0 Å². The van der Waals surface area contributed by atoms with Crippen LogP contribution < -0.4 is 0 Å². The topological polar surface area (TPSA) is 18.5 Å². The molecule has 1 rings (SSSR count). The van der Waals surface area contributed by atoms with Crippen LogP contribution in [-0.2, 0) is 9.47 Å². The molecule has 2 nitrogen and oxygen atoms in total. The molecule has 1 saturated heterocycles. The monoisotopic (exact) mass is 158 g/mol. The first-order valence-electron chi connectivity index (χ1n) is 4.54. The van der Waals surface area contributed by atoms with Gasteiger partial charge in [-0.2, -0.15) is 0 Å². The molecule has 0 saturated carbocycles. The summed E-state index contributed by atoms with van der Waals surface area (Å²) in [5, 5.41) is 0. The van der Waals surface area contributed by atoms with Gasteiger partial charge in [0, 0.05) is 13.2 Å². The zero-order chi connectivity index (χ0) is 8.10. The summed E-state index contributed by atoms with van der Waals surface area (Å²) in [6, 6.07) is 0. The lowest BCUT2D eigenvalue weighted by Gasteiger charge is -2.13. The Morgan fingerprint density at radius 1 is 1.55 bits per heavy atom. The minimum absolute atomic E-state index is 0.363. The van der Waals surface area contributed by atoms with Gasteiger partial charge in [-0.3, -0.25) is 0 Å². The number of hydrogen-bond donors (Lipinski definition) is 0. The fraction of sp³-hybridized carbons (Fsp3) is 1.00. The molecule has 0 unspecified atom stereocenters. The van der Waals surface area contributed by atoms with Gasteiger partial charge in [-0.05, 0) is 18.8 Å². The average Bonchev–Trinajstić information content (AvgIpc) is 2.37. The lowest BCUT2D eigenvalue weighted by atomic mass is 10.1. The minimum Gasteiger partial charge on any atom is -0.379 e. The average molecular weight is 158 g/mol. The van der Waals surface area contributed by atoms with Gasteiger partial charge in [-0.15, -0.1) is 0 Å². The maximum atomic E-state index is 5.49. The lowest BCUT2D eigenvalue weighted by Crippen LogP contribution is -2.20. The van der Waals surface area contributed by atoms with Crippen molar-refractivity contribution in [2.45, 2.75) is 32.8 Å². The molecule has 66 valence electrons. The van der Waals surface area contributed by atoms with E-state index in [1.807, 2.05) is 0 Å². The quantitative estimate of drug-likeness (QED) is 0.581. The van der Waals surface area contributed by atoms with Gasteiger partial charge in [0.25, 0.3) is 0 Å². The summed E-state index contributed by atoms with van der Waals surface area (Å²) in [6.07, 6.45) is 2.66. The molecule has 11 heavy (non-hydrogen) atoms. The zero-order valence-corrected chi connectivity index (χ0v) is 7.51. The van der Waals surface area contributed by atoms with E-state index in [0.29, 0.717) is 12.0 Å². The van der Waals surface area contributed by atoms with E-state index < -0.39 is 0 Å². The summed E-state index contributed by atoms with van der Waals surface area (Å²) < 4.78 is 10.9. The first-order chi connectivity index (χ1) is 5.34. The molecule has 0 aromatic heterocycles. The highest BCUT2D eigenvalue weighted by Crippen LogP contribution is 2.19. The fourth-order valence-electron chi connectivity index (χ4n) is 1.31. The van der Waals surface area contributed by atoms with Gasteiger partial charge >= 0.3 is 0 Å². The van der Waals surface area contributed by atoms with Gasteiger partial charge in [0.2, 0.25) is 0 Å². The maximum absolute atomic E-state index is 5.49. The molecule has 0 bridgehead atoms. The highest BCUT2D eigenvalue weighted by molar-refractivity contribution is 4.71. The molecule has 2 heteroatoms. The van der Waals surface area contributed by atoms with Gasteiger partial charge in [0.1, 0.15) is 0 Å². The second-order valence-corrected chi connectivity index (χ2v) is 3.25. The summed E-state index contributed by atoms with van der Waals surface area (Å²) in [4.78, 5) is 0. The molecule has 1 aliphatic rings. The molecule has 2 atom stereocenters. The smallest absolute Gasteiger partial charge is 0.0834 e.